The van der Waals surface area contributed by atoms with Crippen LogP contribution in [0.5, 0.6) is 0 Å². The van der Waals surface area contributed by atoms with E-state index in [0.29, 0.717) is 0 Å². The van der Waals surface area contributed by atoms with Crippen LogP contribution in [-0.2, 0) is 39.9 Å². The number of rotatable bonds is 5. The van der Waals surface area contributed by atoms with Crippen LogP contribution in [0.2, 0.25) is 0 Å². The van der Waals surface area contributed by atoms with E-state index in [1.807, 2.05) is 6.07 Å². The molecule has 0 aliphatic carbocycles. The average Bonchev–Trinajstić information content (AvgIpc) is 2.66. The van der Waals surface area contributed by atoms with Gasteiger partial charge < -0.3 is 24.1 Å². The molecule has 1 aliphatic rings. The lowest BCUT2D eigenvalue weighted by molar-refractivity contribution is -0.234. The molecule has 1 saturated heterocycles. The fourth-order valence-corrected chi connectivity index (χ4v) is 3.26. The summed E-state index contributed by atoms with van der Waals surface area (Å²) >= 11 is 0. The van der Waals surface area contributed by atoms with Gasteiger partial charge in [0.05, 0.1) is 6.04 Å². The molecule has 0 spiro atoms. The Bertz CT molecular complexity index is 752. The fourth-order valence-electron chi connectivity index (χ4n) is 3.26. The number of aliphatic hydroxyl groups excluding tert-OH is 1. The summed E-state index contributed by atoms with van der Waals surface area (Å²) in [6.07, 6.45) is -6.64. The molecule has 1 amide bonds. The molecule has 1 aromatic rings. The molecule has 1 fully saturated rings. The second-order valence-electron chi connectivity index (χ2n) is 6.82. The van der Waals surface area contributed by atoms with Crippen molar-refractivity contribution in [3.8, 4) is 0 Å². The van der Waals surface area contributed by atoms with Crippen molar-refractivity contribution >= 4 is 24.0 Å². The van der Waals surface area contributed by atoms with Gasteiger partial charge in [0.15, 0.2) is 24.5 Å². The summed E-state index contributed by atoms with van der Waals surface area (Å²) in [5.74, 6) is -2.24. The standard InChI is InChI=1S/C20H25NO9/c1-11-16(28-12(2)22)17(29-13(3)23)18(30-14(4)24)19(25)21(11)20(26)27-10-15-8-6-5-7-9-15/h5-9,11,16-19,25H,10H2,1-4H3/t11-,16-,17-,18+,19+/m1/s1. The first-order valence-corrected chi connectivity index (χ1v) is 9.30. The van der Waals surface area contributed by atoms with Crippen molar-refractivity contribution in [1.29, 1.82) is 0 Å². The molecule has 1 N–H and O–H groups in total. The Morgan fingerprint density at radius 3 is 1.90 bits per heavy atom. The maximum absolute atomic E-state index is 12.7. The van der Waals surface area contributed by atoms with Gasteiger partial charge in [-0.25, -0.2) is 4.79 Å². The van der Waals surface area contributed by atoms with Crippen LogP contribution >= 0.6 is 0 Å². The molecule has 1 aromatic carbocycles. The van der Waals surface area contributed by atoms with Crippen molar-refractivity contribution in [2.75, 3.05) is 0 Å². The van der Waals surface area contributed by atoms with Gasteiger partial charge in [-0.15, -0.1) is 0 Å². The van der Waals surface area contributed by atoms with Crippen molar-refractivity contribution in [2.24, 2.45) is 0 Å². The van der Waals surface area contributed by atoms with Crippen molar-refractivity contribution in [3.05, 3.63) is 35.9 Å². The Kier molecular flexibility index (Phi) is 7.76. The minimum absolute atomic E-state index is 0.0700. The molecule has 0 aromatic heterocycles. The molecule has 5 atom stereocenters. The molecule has 164 valence electrons. The van der Waals surface area contributed by atoms with Crippen LogP contribution in [0.15, 0.2) is 30.3 Å². The highest BCUT2D eigenvalue weighted by atomic mass is 16.6. The highest BCUT2D eigenvalue weighted by molar-refractivity contribution is 5.71. The molecular weight excluding hydrogens is 398 g/mol. The minimum atomic E-state index is -1.71. The molecule has 1 aliphatic heterocycles. The lowest BCUT2D eigenvalue weighted by Crippen LogP contribution is -2.69. The number of benzene rings is 1. The first-order chi connectivity index (χ1) is 14.1. The van der Waals surface area contributed by atoms with Crippen molar-refractivity contribution in [3.63, 3.8) is 0 Å². The predicted octanol–water partition coefficient (Wildman–Crippen LogP) is 1.14. The third-order valence-electron chi connectivity index (χ3n) is 4.46. The normalized spacial score (nSPS) is 25.8. The Balaban J connectivity index is 2.31. The second kappa shape index (κ2) is 10.1. The van der Waals surface area contributed by atoms with Crippen molar-refractivity contribution < 1.29 is 43.2 Å². The summed E-state index contributed by atoms with van der Waals surface area (Å²) < 4.78 is 20.8. The number of ether oxygens (including phenoxy) is 4. The number of aliphatic hydroxyl groups is 1. The van der Waals surface area contributed by atoms with E-state index in [9.17, 15) is 24.3 Å². The number of hydrogen-bond donors (Lipinski definition) is 1. The van der Waals surface area contributed by atoms with Gasteiger partial charge in [0, 0.05) is 20.8 Å². The Hall–Kier alpha value is -3.14. The van der Waals surface area contributed by atoms with Gasteiger partial charge in [0.25, 0.3) is 0 Å². The Morgan fingerprint density at radius 2 is 1.37 bits per heavy atom. The quantitative estimate of drug-likeness (QED) is 0.547. The van der Waals surface area contributed by atoms with E-state index in [4.69, 9.17) is 18.9 Å². The number of piperidine rings is 1. The number of hydrogen-bond acceptors (Lipinski definition) is 9. The van der Waals surface area contributed by atoms with E-state index in [1.54, 1.807) is 24.3 Å². The second-order valence-corrected chi connectivity index (χ2v) is 6.82. The van der Waals surface area contributed by atoms with Crippen LogP contribution in [0, 0.1) is 0 Å². The largest absolute Gasteiger partial charge is 0.456 e. The van der Waals surface area contributed by atoms with E-state index >= 15 is 0 Å². The molecule has 10 heteroatoms. The molecule has 1 heterocycles. The molecule has 2 rings (SSSR count). The maximum Gasteiger partial charge on any atom is 0.412 e. The van der Waals surface area contributed by atoms with Crippen molar-refractivity contribution in [2.45, 2.75) is 64.9 Å². The minimum Gasteiger partial charge on any atom is -0.456 e. The number of carbonyl (C=O) groups excluding carboxylic acids is 4. The lowest BCUT2D eigenvalue weighted by Gasteiger charge is -2.47. The summed E-state index contributed by atoms with van der Waals surface area (Å²) in [6.45, 7) is 4.77. The fraction of sp³-hybridized carbons (Fsp3) is 0.500. The van der Waals surface area contributed by atoms with Gasteiger partial charge in [-0.1, -0.05) is 30.3 Å². The Morgan fingerprint density at radius 1 is 0.867 bits per heavy atom. The van der Waals surface area contributed by atoms with Crippen molar-refractivity contribution in [1.82, 2.24) is 4.90 Å². The maximum atomic E-state index is 12.7. The molecule has 0 saturated carbocycles. The summed E-state index contributed by atoms with van der Waals surface area (Å²) in [6, 6.07) is 7.91. The topological polar surface area (TPSA) is 129 Å². The number of amides is 1. The van der Waals surface area contributed by atoms with E-state index in [2.05, 4.69) is 0 Å². The molecule has 0 bridgehead atoms. The van der Waals surface area contributed by atoms with Crippen LogP contribution in [0.25, 0.3) is 0 Å². The van der Waals surface area contributed by atoms with Gasteiger partial charge in [-0.05, 0) is 12.5 Å². The summed E-state index contributed by atoms with van der Waals surface area (Å²) in [7, 11) is 0. The van der Waals surface area contributed by atoms with Gasteiger partial charge in [0.1, 0.15) is 6.61 Å². The zero-order valence-electron chi connectivity index (χ0n) is 17.1. The van der Waals surface area contributed by atoms with Gasteiger partial charge >= 0.3 is 24.0 Å². The zero-order valence-corrected chi connectivity index (χ0v) is 17.1. The van der Waals surface area contributed by atoms with E-state index in [0.717, 1.165) is 31.2 Å². The average molecular weight is 423 g/mol. The summed E-state index contributed by atoms with van der Waals surface area (Å²) in [5, 5.41) is 10.8. The molecule has 10 nitrogen and oxygen atoms in total. The first-order valence-electron chi connectivity index (χ1n) is 9.30. The van der Waals surface area contributed by atoms with Crippen LogP contribution in [-0.4, -0.2) is 64.6 Å². The number of carbonyl (C=O) groups is 4. The predicted molar refractivity (Wildman–Crippen MR) is 101 cm³/mol. The third kappa shape index (κ3) is 5.69. The first kappa shape index (κ1) is 23.1. The zero-order chi connectivity index (χ0) is 22.4. The van der Waals surface area contributed by atoms with E-state index in [1.165, 1.54) is 6.92 Å². The molecule has 0 radical (unpaired) electrons. The number of esters is 3. The third-order valence-corrected chi connectivity index (χ3v) is 4.46. The summed E-state index contributed by atoms with van der Waals surface area (Å²) in [4.78, 5) is 48.4. The number of nitrogens with zero attached hydrogens (tertiary/aromatic N) is 1. The summed E-state index contributed by atoms with van der Waals surface area (Å²) in [5.41, 5.74) is 0.718. The van der Waals surface area contributed by atoms with Gasteiger partial charge in [-0.2, -0.15) is 0 Å². The van der Waals surface area contributed by atoms with Crippen LogP contribution in [0.1, 0.15) is 33.3 Å². The Labute approximate surface area is 173 Å². The molecular formula is C20H25NO9. The van der Waals surface area contributed by atoms with E-state index < -0.39 is 54.6 Å². The molecule has 30 heavy (non-hydrogen) atoms. The number of likely N-dealkylation sites (tertiary alicyclic amines) is 1. The van der Waals surface area contributed by atoms with Crippen LogP contribution < -0.4 is 0 Å². The smallest absolute Gasteiger partial charge is 0.412 e. The van der Waals surface area contributed by atoms with Gasteiger partial charge in [0.2, 0.25) is 0 Å². The SMILES string of the molecule is CC(=O)O[C@@H]1[C@H](OC(C)=O)[C@@H](C)N(C(=O)OCc2ccccc2)[C@@H](O)[C@H]1OC(C)=O. The van der Waals surface area contributed by atoms with E-state index in [-0.39, 0.29) is 6.61 Å². The van der Waals surface area contributed by atoms with Crippen LogP contribution in [0.3, 0.4) is 0 Å². The van der Waals surface area contributed by atoms with Gasteiger partial charge in [-0.3, -0.25) is 19.3 Å². The molecule has 0 unspecified atom stereocenters. The highest BCUT2D eigenvalue weighted by Crippen LogP contribution is 2.30. The lowest BCUT2D eigenvalue weighted by atomic mass is 9.93. The highest BCUT2D eigenvalue weighted by Gasteiger charge is 2.54. The monoisotopic (exact) mass is 423 g/mol. The van der Waals surface area contributed by atoms with Crippen LogP contribution in [0.4, 0.5) is 4.79 Å².